The Balaban J connectivity index is 1.98. The standard InChI is InChI=1S/C11H19NO3/c1-11(2,3)15-10(14)12-6-7-4-8(12)9(13)5-7/h7-9,13H,4-6H2,1-3H3/t7-,8-,9?/m0/s1. The van der Waals surface area contributed by atoms with Crippen LogP contribution in [0, 0.1) is 5.92 Å². The van der Waals surface area contributed by atoms with Crippen LogP contribution in [-0.2, 0) is 4.74 Å². The van der Waals surface area contributed by atoms with Crippen molar-refractivity contribution >= 4 is 6.09 Å². The topological polar surface area (TPSA) is 49.8 Å². The van der Waals surface area contributed by atoms with Crippen LogP contribution in [0.2, 0.25) is 0 Å². The lowest BCUT2D eigenvalue weighted by atomic mass is 10.1. The molecule has 0 aromatic rings. The first kappa shape index (κ1) is 10.7. The normalized spacial score (nSPS) is 34.7. The molecule has 1 saturated carbocycles. The molecule has 1 aliphatic heterocycles. The van der Waals surface area contributed by atoms with Gasteiger partial charge in [0.05, 0.1) is 12.1 Å². The molecule has 86 valence electrons. The van der Waals surface area contributed by atoms with Crippen LogP contribution >= 0.6 is 0 Å². The fourth-order valence-electron chi connectivity index (χ4n) is 2.52. The fraction of sp³-hybridized carbons (Fsp3) is 0.909. The summed E-state index contributed by atoms with van der Waals surface area (Å²) in [6, 6.07) is -0.00940. The number of fused-ring (bicyclic) bond motifs is 2. The van der Waals surface area contributed by atoms with Gasteiger partial charge in [-0.2, -0.15) is 0 Å². The van der Waals surface area contributed by atoms with E-state index in [1.807, 2.05) is 20.8 Å². The maximum Gasteiger partial charge on any atom is 0.410 e. The highest BCUT2D eigenvalue weighted by molar-refractivity contribution is 5.69. The molecule has 2 fully saturated rings. The van der Waals surface area contributed by atoms with Crippen LogP contribution in [0.1, 0.15) is 33.6 Å². The summed E-state index contributed by atoms with van der Waals surface area (Å²) in [6.07, 6.45) is 1.13. The summed E-state index contributed by atoms with van der Waals surface area (Å²) < 4.78 is 5.30. The first-order chi connectivity index (χ1) is 6.87. The van der Waals surface area contributed by atoms with Crippen LogP contribution in [0.25, 0.3) is 0 Å². The van der Waals surface area contributed by atoms with E-state index in [0.29, 0.717) is 5.92 Å². The minimum Gasteiger partial charge on any atom is -0.444 e. The number of rotatable bonds is 0. The van der Waals surface area contributed by atoms with Gasteiger partial charge >= 0.3 is 6.09 Å². The van der Waals surface area contributed by atoms with Crippen LogP contribution in [0.3, 0.4) is 0 Å². The SMILES string of the molecule is CC(C)(C)OC(=O)N1C[C@@H]2CC(O)[C@@H]1C2. The summed E-state index contributed by atoms with van der Waals surface area (Å²) in [7, 11) is 0. The molecular weight excluding hydrogens is 194 g/mol. The van der Waals surface area contributed by atoms with E-state index in [4.69, 9.17) is 4.74 Å². The van der Waals surface area contributed by atoms with E-state index in [9.17, 15) is 9.90 Å². The number of hydrogen-bond donors (Lipinski definition) is 1. The van der Waals surface area contributed by atoms with Crippen molar-refractivity contribution in [3.8, 4) is 0 Å². The van der Waals surface area contributed by atoms with E-state index in [0.717, 1.165) is 19.4 Å². The predicted molar refractivity (Wildman–Crippen MR) is 55.5 cm³/mol. The molecule has 1 heterocycles. The summed E-state index contributed by atoms with van der Waals surface area (Å²) in [5.41, 5.74) is -0.454. The number of piperidine rings is 1. The van der Waals surface area contributed by atoms with Crippen molar-refractivity contribution in [1.82, 2.24) is 4.90 Å². The Morgan fingerprint density at radius 3 is 2.53 bits per heavy atom. The zero-order valence-corrected chi connectivity index (χ0v) is 9.56. The van der Waals surface area contributed by atoms with Crippen molar-refractivity contribution in [2.45, 2.75) is 51.4 Å². The molecule has 1 N–H and O–H groups in total. The number of nitrogens with zero attached hydrogens (tertiary/aromatic N) is 1. The molecule has 0 spiro atoms. The van der Waals surface area contributed by atoms with Crippen LogP contribution in [-0.4, -0.2) is 40.4 Å². The number of hydrogen-bond acceptors (Lipinski definition) is 3. The molecule has 0 radical (unpaired) electrons. The third kappa shape index (κ3) is 2.09. The Morgan fingerprint density at radius 2 is 2.07 bits per heavy atom. The number of likely N-dealkylation sites (tertiary alicyclic amines) is 1. The third-order valence-corrected chi connectivity index (χ3v) is 3.08. The van der Waals surface area contributed by atoms with Crippen molar-refractivity contribution in [3.63, 3.8) is 0 Å². The molecular formula is C11H19NO3. The van der Waals surface area contributed by atoms with E-state index in [-0.39, 0.29) is 18.2 Å². The molecule has 2 aliphatic rings. The Labute approximate surface area is 90.2 Å². The van der Waals surface area contributed by atoms with Gasteiger partial charge in [-0.25, -0.2) is 4.79 Å². The minimum absolute atomic E-state index is 0.00940. The highest BCUT2D eigenvalue weighted by Gasteiger charge is 2.47. The molecule has 15 heavy (non-hydrogen) atoms. The minimum atomic E-state index is -0.454. The summed E-state index contributed by atoms with van der Waals surface area (Å²) in [6.45, 7) is 6.32. The quantitative estimate of drug-likeness (QED) is 0.661. The second kappa shape index (κ2) is 3.37. The van der Waals surface area contributed by atoms with Gasteiger partial charge < -0.3 is 14.7 Å². The molecule has 4 heteroatoms. The lowest BCUT2D eigenvalue weighted by Gasteiger charge is -2.32. The second-order valence-electron chi connectivity index (χ2n) is 5.60. The number of aliphatic hydroxyl groups is 1. The number of aliphatic hydroxyl groups excluding tert-OH is 1. The summed E-state index contributed by atoms with van der Waals surface area (Å²) in [4.78, 5) is 13.5. The van der Waals surface area contributed by atoms with Gasteiger partial charge in [0.15, 0.2) is 0 Å². The maximum atomic E-state index is 11.8. The van der Waals surface area contributed by atoms with E-state index < -0.39 is 5.60 Å². The number of carbonyl (C=O) groups is 1. The van der Waals surface area contributed by atoms with Crippen molar-refractivity contribution < 1.29 is 14.6 Å². The van der Waals surface area contributed by atoms with E-state index in [1.54, 1.807) is 4.90 Å². The van der Waals surface area contributed by atoms with Gasteiger partial charge in [-0.15, -0.1) is 0 Å². The summed E-state index contributed by atoms with van der Waals surface area (Å²) >= 11 is 0. The average molecular weight is 213 g/mol. The number of carbonyl (C=O) groups excluding carboxylic acids is 1. The van der Waals surface area contributed by atoms with E-state index >= 15 is 0 Å². The van der Waals surface area contributed by atoms with Crippen LogP contribution in [0.5, 0.6) is 0 Å². The highest BCUT2D eigenvalue weighted by atomic mass is 16.6. The number of amides is 1. The Kier molecular flexibility index (Phi) is 2.41. The van der Waals surface area contributed by atoms with Gasteiger partial charge in [-0.05, 0) is 39.5 Å². The van der Waals surface area contributed by atoms with Gasteiger partial charge in [0, 0.05) is 6.54 Å². The lowest BCUT2D eigenvalue weighted by Crippen LogP contribution is -2.46. The zero-order chi connectivity index (χ0) is 11.2. The summed E-state index contributed by atoms with van der Waals surface area (Å²) in [5, 5.41) is 9.69. The molecule has 1 amide bonds. The molecule has 0 aromatic carbocycles. The van der Waals surface area contributed by atoms with Gasteiger partial charge in [0.25, 0.3) is 0 Å². The smallest absolute Gasteiger partial charge is 0.410 e. The Bertz CT molecular complexity index is 271. The van der Waals surface area contributed by atoms with E-state index in [1.165, 1.54) is 0 Å². The van der Waals surface area contributed by atoms with Crippen molar-refractivity contribution in [2.24, 2.45) is 5.92 Å². The van der Waals surface area contributed by atoms with Gasteiger partial charge in [-0.1, -0.05) is 0 Å². The van der Waals surface area contributed by atoms with Gasteiger partial charge in [0.2, 0.25) is 0 Å². The maximum absolute atomic E-state index is 11.8. The molecule has 4 nitrogen and oxygen atoms in total. The molecule has 3 atom stereocenters. The fourth-order valence-corrected chi connectivity index (χ4v) is 2.52. The monoisotopic (exact) mass is 213 g/mol. The van der Waals surface area contributed by atoms with Crippen LogP contribution in [0.15, 0.2) is 0 Å². The molecule has 2 rings (SSSR count). The molecule has 0 aromatic heterocycles. The Morgan fingerprint density at radius 1 is 1.40 bits per heavy atom. The molecule has 1 saturated heterocycles. The lowest BCUT2D eigenvalue weighted by molar-refractivity contribution is -0.00176. The Hall–Kier alpha value is -0.770. The number of ether oxygens (including phenoxy) is 1. The van der Waals surface area contributed by atoms with Gasteiger partial charge in [-0.3, -0.25) is 0 Å². The van der Waals surface area contributed by atoms with E-state index in [2.05, 4.69) is 0 Å². The zero-order valence-electron chi connectivity index (χ0n) is 9.56. The largest absolute Gasteiger partial charge is 0.444 e. The van der Waals surface area contributed by atoms with Crippen molar-refractivity contribution in [1.29, 1.82) is 0 Å². The molecule has 1 unspecified atom stereocenters. The van der Waals surface area contributed by atoms with Crippen molar-refractivity contribution in [2.75, 3.05) is 6.54 Å². The highest BCUT2D eigenvalue weighted by Crippen LogP contribution is 2.38. The molecule has 1 aliphatic carbocycles. The van der Waals surface area contributed by atoms with Crippen molar-refractivity contribution in [3.05, 3.63) is 0 Å². The second-order valence-corrected chi connectivity index (χ2v) is 5.60. The molecule has 2 bridgehead atoms. The predicted octanol–water partition coefficient (Wildman–Crippen LogP) is 1.38. The first-order valence-electron chi connectivity index (χ1n) is 5.54. The third-order valence-electron chi connectivity index (χ3n) is 3.08. The summed E-state index contributed by atoms with van der Waals surface area (Å²) in [5.74, 6) is 0.470. The van der Waals surface area contributed by atoms with Crippen LogP contribution < -0.4 is 0 Å². The first-order valence-corrected chi connectivity index (χ1v) is 5.54. The van der Waals surface area contributed by atoms with Gasteiger partial charge in [0.1, 0.15) is 5.60 Å². The van der Waals surface area contributed by atoms with Crippen LogP contribution in [0.4, 0.5) is 4.79 Å². The average Bonchev–Trinajstić information content (AvgIpc) is 2.58.